The zero-order valence-electron chi connectivity index (χ0n) is 13.1. The first-order valence-corrected chi connectivity index (χ1v) is 8.17. The molecule has 0 bridgehead atoms. The minimum Gasteiger partial charge on any atom is -0.463 e. The van der Waals surface area contributed by atoms with Crippen LogP contribution < -0.4 is 5.32 Å². The molecule has 2 fully saturated rings. The fourth-order valence-electron chi connectivity index (χ4n) is 2.76. The molecule has 112 valence electrons. The van der Waals surface area contributed by atoms with Gasteiger partial charge in [-0.1, -0.05) is 13.8 Å². The van der Waals surface area contributed by atoms with Gasteiger partial charge in [0.25, 0.3) is 0 Å². The lowest BCUT2D eigenvalue weighted by molar-refractivity contribution is 0.222. The van der Waals surface area contributed by atoms with Gasteiger partial charge in [-0.25, -0.2) is 0 Å². The molecule has 3 heteroatoms. The van der Waals surface area contributed by atoms with Crippen molar-refractivity contribution in [3.05, 3.63) is 23.2 Å². The van der Waals surface area contributed by atoms with Gasteiger partial charge in [0.05, 0.1) is 13.1 Å². The third-order valence-electron chi connectivity index (χ3n) is 4.35. The largest absolute Gasteiger partial charge is 0.463 e. The molecule has 2 aliphatic rings. The van der Waals surface area contributed by atoms with E-state index in [4.69, 9.17) is 4.42 Å². The summed E-state index contributed by atoms with van der Waals surface area (Å²) in [6.45, 7) is 9.63. The molecule has 3 rings (SSSR count). The quantitative estimate of drug-likeness (QED) is 0.788. The maximum Gasteiger partial charge on any atom is 0.120 e. The van der Waals surface area contributed by atoms with Crippen LogP contribution in [0.2, 0.25) is 0 Å². The molecule has 2 aliphatic carbocycles. The fraction of sp³-hybridized carbons (Fsp3) is 0.765. The number of nitrogens with one attached hydrogen (secondary N) is 1. The highest BCUT2D eigenvalue weighted by Gasteiger charge is 2.34. The Morgan fingerprint density at radius 2 is 2.05 bits per heavy atom. The number of hydrogen-bond acceptors (Lipinski definition) is 3. The lowest BCUT2D eigenvalue weighted by Crippen LogP contribution is -2.27. The average Bonchev–Trinajstić information content (AvgIpc) is 3.25. The van der Waals surface area contributed by atoms with Crippen LogP contribution in [0.4, 0.5) is 0 Å². The van der Waals surface area contributed by atoms with Gasteiger partial charge < -0.3 is 9.73 Å². The van der Waals surface area contributed by atoms with Gasteiger partial charge in [0.1, 0.15) is 11.5 Å². The van der Waals surface area contributed by atoms with Gasteiger partial charge in [-0.2, -0.15) is 0 Å². The van der Waals surface area contributed by atoms with Crippen molar-refractivity contribution in [3.8, 4) is 0 Å². The average molecular weight is 276 g/mol. The molecule has 0 amide bonds. The predicted molar refractivity (Wildman–Crippen MR) is 81.6 cm³/mol. The van der Waals surface area contributed by atoms with Crippen molar-refractivity contribution in [1.29, 1.82) is 0 Å². The smallest absolute Gasteiger partial charge is 0.120 e. The lowest BCUT2D eigenvalue weighted by Gasteiger charge is -2.20. The summed E-state index contributed by atoms with van der Waals surface area (Å²) in [6.07, 6.45) is 5.64. The fourth-order valence-corrected chi connectivity index (χ4v) is 2.76. The first kappa shape index (κ1) is 14.2. The maximum atomic E-state index is 6.07. The molecule has 1 N–H and O–H groups in total. The topological polar surface area (TPSA) is 28.4 Å². The molecule has 0 aliphatic heterocycles. The van der Waals surface area contributed by atoms with E-state index >= 15 is 0 Å². The van der Waals surface area contributed by atoms with Gasteiger partial charge in [0, 0.05) is 18.6 Å². The molecule has 3 nitrogen and oxygen atoms in total. The minimum atomic E-state index is 0.501. The van der Waals surface area contributed by atoms with E-state index in [2.05, 4.69) is 37.1 Å². The summed E-state index contributed by atoms with van der Waals surface area (Å²) in [5.41, 5.74) is 1.29. The first-order valence-electron chi connectivity index (χ1n) is 8.17. The standard InChI is InChI=1S/C17H28N2O/c1-12(2)18-9-17-13(3)8-16(20-17)11-19(15-6-7-15)10-14-4-5-14/h8,12,14-15,18H,4-7,9-11H2,1-3H3. The van der Waals surface area contributed by atoms with Gasteiger partial charge in [0.15, 0.2) is 0 Å². The Morgan fingerprint density at radius 1 is 1.30 bits per heavy atom. The number of furan rings is 1. The monoisotopic (exact) mass is 276 g/mol. The van der Waals surface area contributed by atoms with Crippen molar-refractivity contribution >= 4 is 0 Å². The molecular formula is C17H28N2O. The van der Waals surface area contributed by atoms with E-state index in [1.165, 1.54) is 37.8 Å². The first-order chi connectivity index (χ1) is 9.61. The maximum absolute atomic E-state index is 6.07. The lowest BCUT2D eigenvalue weighted by atomic mass is 10.2. The molecule has 0 spiro atoms. The highest BCUT2D eigenvalue weighted by molar-refractivity contribution is 5.20. The van der Waals surface area contributed by atoms with E-state index in [0.29, 0.717) is 6.04 Å². The van der Waals surface area contributed by atoms with E-state index < -0.39 is 0 Å². The molecule has 1 aromatic heterocycles. The molecule has 0 saturated heterocycles. The molecule has 0 radical (unpaired) electrons. The van der Waals surface area contributed by atoms with Crippen molar-refractivity contribution in [2.45, 2.75) is 71.6 Å². The van der Waals surface area contributed by atoms with Crippen LogP contribution in [0.5, 0.6) is 0 Å². The normalized spacial score (nSPS) is 19.2. The third-order valence-corrected chi connectivity index (χ3v) is 4.35. The third kappa shape index (κ3) is 3.86. The summed E-state index contributed by atoms with van der Waals surface area (Å²) in [5, 5.41) is 3.44. The molecular weight excluding hydrogens is 248 g/mol. The Labute approximate surface area is 122 Å². The predicted octanol–water partition coefficient (Wildman–Crippen LogP) is 3.46. The van der Waals surface area contributed by atoms with E-state index in [9.17, 15) is 0 Å². The molecule has 0 atom stereocenters. The number of hydrogen-bond donors (Lipinski definition) is 1. The molecule has 20 heavy (non-hydrogen) atoms. The van der Waals surface area contributed by atoms with E-state index in [-0.39, 0.29) is 0 Å². The van der Waals surface area contributed by atoms with E-state index in [0.717, 1.165) is 36.6 Å². The summed E-state index contributed by atoms with van der Waals surface area (Å²) < 4.78 is 6.07. The van der Waals surface area contributed by atoms with Crippen LogP contribution in [0.1, 0.15) is 56.6 Å². The summed E-state index contributed by atoms with van der Waals surface area (Å²) in [7, 11) is 0. The summed E-state index contributed by atoms with van der Waals surface area (Å²) >= 11 is 0. The van der Waals surface area contributed by atoms with Gasteiger partial charge in [0.2, 0.25) is 0 Å². The number of aryl methyl sites for hydroxylation is 1. The second-order valence-electron chi connectivity index (χ2n) is 6.96. The molecule has 2 saturated carbocycles. The summed E-state index contributed by atoms with van der Waals surface area (Å²) in [6, 6.07) is 3.57. The Balaban J connectivity index is 1.59. The van der Waals surface area contributed by atoms with Gasteiger partial charge >= 0.3 is 0 Å². The van der Waals surface area contributed by atoms with E-state index in [1.54, 1.807) is 0 Å². The highest BCUT2D eigenvalue weighted by atomic mass is 16.3. The van der Waals surface area contributed by atoms with E-state index in [1.807, 2.05) is 0 Å². The van der Waals surface area contributed by atoms with Crippen molar-refractivity contribution < 1.29 is 4.42 Å². The zero-order chi connectivity index (χ0) is 14.1. The van der Waals surface area contributed by atoms with Gasteiger partial charge in [-0.3, -0.25) is 4.90 Å². The van der Waals surface area contributed by atoms with Gasteiger partial charge in [-0.05, 0) is 50.2 Å². The molecule has 0 aromatic carbocycles. The minimum absolute atomic E-state index is 0.501. The van der Waals surface area contributed by atoms with Crippen LogP contribution in [0, 0.1) is 12.8 Å². The molecule has 0 unspecified atom stereocenters. The second kappa shape index (κ2) is 5.90. The zero-order valence-corrected chi connectivity index (χ0v) is 13.1. The molecule has 1 heterocycles. The Morgan fingerprint density at radius 3 is 2.65 bits per heavy atom. The number of rotatable bonds is 8. The van der Waals surface area contributed by atoms with Crippen LogP contribution in [0.3, 0.4) is 0 Å². The summed E-state index contributed by atoms with van der Waals surface area (Å²) in [5.74, 6) is 3.22. The van der Waals surface area contributed by atoms with Crippen LogP contribution >= 0.6 is 0 Å². The molecule has 1 aromatic rings. The second-order valence-corrected chi connectivity index (χ2v) is 6.96. The number of nitrogens with zero attached hydrogens (tertiary/aromatic N) is 1. The highest BCUT2D eigenvalue weighted by Crippen LogP contribution is 2.35. The van der Waals surface area contributed by atoms with Crippen molar-refractivity contribution in [2.75, 3.05) is 6.54 Å². The van der Waals surface area contributed by atoms with Crippen LogP contribution in [0.15, 0.2) is 10.5 Å². The van der Waals surface area contributed by atoms with Crippen molar-refractivity contribution in [2.24, 2.45) is 5.92 Å². The van der Waals surface area contributed by atoms with Gasteiger partial charge in [-0.15, -0.1) is 0 Å². The SMILES string of the molecule is Cc1cc(CN(CC2CC2)C2CC2)oc1CNC(C)C. The van der Waals surface area contributed by atoms with Crippen LogP contribution in [-0.4, -0.2) is 23.5 Å². The Kier molecular flexibility index (Phi) is 4.18. The van der Waals surface area contributed by atoms with Crippen LogP contribution in [-0.2, 0) is 13.1 Å². The Hall–Kier alpha value is -0.800. The Bertz CT molecular complexity index is 444. The summed E-state index contributed by atoms with van der Waals surface area (Å²) in [4.78, 5) is 2.65. The van der Waals surface area contributed by atoms with Crippen molar-refractivity contribution in [3.63, 3.8) is 0 Å². The van der Waals surface area contributed by atoms with Crippen molar-refractivity contribution in [1.82, 2.24) is 10.2 Å². The van der Waals surface area contributed by atoms with Crippen LogP contribution in [0.25, 0.3) is 0 Å².